The molecular weight excluding hydrogens is 229 g/mol. The zero-order valence-electron chi connectivity index (χ0n) is 11.2. The molecule has 0 aromatic carbocycles. The third-order valence-corrected chi connectivity index (χ3v) is 3.48. The fourth-order valence-corrected chi connectivity index (χ4v) is 1.71. The standard InChI is InChI=1S/C13H17BNO3/c1-9(16)10-6-11(8-15-7-10)14-17-12(2,3)13(4,5)18-14/h6-8H,2H2,1,3-5H3/q+1. The summed E-state index contributed by atoms with van der Waals surface area (Å²) in [6.45, 7) is 11.3. The van der Waals surface area contributed by atoms with Crippen molar-refractivity contribution in [3.8, 4) is 0 Å². The van der Waals surface area contributed by atoms with Crippen molar-refractivity contribution in [3.05, 3.63) is 30.9 Å². The maximum Gasteiger partial charge on any atom is 0.499 e. The van der Waals surface area contributed by atoms with Crippen LogP contribution < -0.4 is 5.46 Å². The first kappa shape index (κ1) is 13.1. The molecule has 0 radical (unpaired) electrons. The number of ketones is 1. The summed E-state index contributed by atoms with van der Waals surface area (Å²) < 4.78 is 11.6. The molecule has 5 heteroatoms. The van der Waals surface area contributed by atoms with E-state index in [0.717, 1.165) is 5.46 Å². The molecule has 94 valence electrons. The van der Waals surface area contributed by atoms with Gasteiger partial charge in [-0.25, -0.2) is 0 Å². The van der Waals surface area contributed by atoms with Crippen molar-refractivity contribution >= 4 is 18.4 Å². The van der Waals surface area contributed by atoms with Gasteiger partial charge in [0, 0.05) is 30.3 Å². The van der Waals surface area contributed by atoms with E-state index < -0.39 is 18.3 Å². The van der Waals surface area contributed by atoms with E-state index in [-0.39, 0.29) is 5.78 Å². The van der Waals surface area contributed by atoms with Crippen LogP contribution >= 0.6 is 0 Å². The third kappa shape index (κ3) is 2.16. The molecule has 2 heterocycles. The molecule has 4 nitrogen and oxygen atoms in total. The summed E-state index contributed by atoms with van der Waals surface area (Å²) in [7, 11) is -0.533. The normalized spacial score (nSPS) is 26.3. The molecule has 1 aliphatic rings. The van der Waals surface area contributed by atoms with Gasteiger partial charge in [0.1, 0.15) is 5.60 Å². The Hall–Kier alpha value is -1.33. The van der Waals surface area contributed by atoms with Gasteiger partial charge in [0.25, 0.3) is 0 Å². The average Bonchev–Trinajstić information content (AvgIpc) is 2.48. The molecule has 1 aliphatic heterocycles. The summed E-state index contributed by atoms with van der Waals surface area (Å²) in [4.78, 5) is 15.4. The van der Waals surface area contributed by atoms with Crippen molar-refractivity contribution in [2.45, 2.75) is 38.9 Å². The number of nitrogens with zero attached hydrogens (tertiary/aromatic N) is 1. The molecule has 2 rings (SSSR count). The van der Waals surface area contributed by atoms with Crippen molar-refractivity contribution < 1.29 is 14.1 Å². The molecule has 1 aromatic rings. The van der Waals surface area contributed by atoms with Crippen molar-refractivity contribution in [3.63, 3.8) is 0 Å². The first-order valence-corrected chi connectivity index (χ1v) is 5.90. The Balaban J connectivity index is 2.30. The molecule has 0 spiro atoms. The molecule has 0 N–H and O–H groups in total. The van der Waals surface area contributed by atoms with Gasteiger partial charge in [0.2, 0.25) is 5.60 Å². The van der Waals surface area contributed by atoms with Crippen molar-refractivity contribution in [2.75, 3.05) is 0 Å². The highest BCUT2D eigenvalue weighted by Gasteiger charge is 2.57. The van der Waals surface area contributed by atoms with Crippen LogP contribution in [-0.2, 0) is 9.31 Å². The summed E-state index contributed by atoms with van der Waals surface area (Å²) in [6, 6.07) is 1.75. The highest BCUT2D eigenvalue weighted by Crippen LogP contribution is 2.36. The van der Waals surface area contributed by atoms with Gasteiger partial charge in [-0.1, -0.05) is 0 Å². The molecule has 18 heavy (non-hydrogen) atoms. The Morgan fingerprint density at radius 3 is 2.50 bits per heavy atom. The summed E-state index contributed by atoms with van der Waals surface area (Å²) in [6.07, 6.45) is 3.18. The van der Waals surface area contributed by atoms with Gasteiger partial charge in [-0.2, -0.15) is 0 Å². The second kappa shape index (κ2) is 4.11. The highest BCUT2D eigenvalue weighted by molar-refractivity contribution is 6.62. The molecular formula is C13H17BNO3+. The maximum absolute atomic E-state index is 11.3. The summed E-state index contributed by atoms with van der Waals surface area (Å²) >= 11 is 0. The van der Waals surface area contributed by atoms with E-state index in [0.29, 0.717) is 5.56 Å². The third-order valence-electron chi connectivity index (χ3n) is 3.48. The number of Topliss-reactive ketones (excluding diaryl/α,β-unsaturated/α-hetero) is 1. The smallest absolute Gasteiger partial charge is 0.395 e. The van der Waals surface area contributed by atoms with Crippen molar-refractivity contribution in [1.29, 1.82) is 0 Å². The van der Waals surface area contributed by atoms with E-state index in [1.165, 1.54) is 13.1 Å². The summed E-state index contributed by atoms with van der Waals surface area (Å²) in [5.41, 5.74) is 0.159. The molecule has 1 aromatic heterocycles. The van der Waals surface area contributed by atoms with Crippen molar-refractivity contribution in [1.82, 2.24) is 4.98 Å². The number of hydrogen-bond donors (Lipinski definition) is 0. The Kier molecular flexibility index (Phi) is 2.99. The van der Waals surface area contributed by atoms with Crippen LogP contribution in [0.3, 0.4) is 0 Å². The molecule has 1 atom stereocenters. The number of pyridine rings is 1. The van der Waals surface area contributed by atoms with Crippen LogP contribution in [0.2, 0.25) is 0 Å². The van der Waals surface area contributed by atoms with Crippen LogP contribution in [0.1, 0.15) is 38.1 Å². The van der Waals surface area contributed by atoms with Gasteiger partial charge >= 0.3 is 7.12 Å². The maximum atomic E-state index is 11.3. The fourth-order valence-electron chi connectivity index (χ4n) is 1.71. The van der Waals surface area contributed by atoms with E-state index in [1.54, 1.807) is 12.3 Å². The monoisotopic (exact) mass is 246 g/mol. The van der Waals surface area contributed by atoms with Crippen LogP contribution in [0.4, 0.5) is 0 Å². The topological polar surface area (TPSA) is 48.4 Å². The van der Waals surface area contributed by atoms with E-state index in [1.807, 2.05) is 20.8 Å². The lowest BCUT2D eigenvalue weighted by molar-refractivity contribution is 0.0262. The lowest BCUT2D eigenvalue weighted by atomic mass is 9.79. The Morgan fingerprint density at radius 1 is 1.33 bits per heavy atom. The number of hydrogen-bond acceptors (Lipinski definition) is 4. The van der Waals surface area contributed by atoms with Gasteiger partial charge in [0.05, 0.1) is 6.92 Å². The van der Waals surface area contributed by atoms with E-state index in [2.05, 4.69) is 11.9 Å². The molecule has 1 fully saturated rings. The minimum absolute atomic E-state index is 0.0287. The summed E-state index contributed by atoms with van der Waals surface area (Å²) in [5, 5.41) is 0. The zero-order valence-corrected chi connectivity index (χ0v) is 11.2. The van der Waals surface area contributed by atoms with E-state index in [9.17, 15) is 4.79 Å². The molecule has 1 saturated heterocycles. The Morgan fingerprint density at radius 2 is 2.00 bits per heavy atom. The number of carbonyl (C=O) groups is 1. The van der Waals surface area contributed by atoms with Gasteiger partial charge in [-0.3, -0.25) is 9.78 Å². The van der Waals surface area contributed by atoms with Gasteiger partial charge in [-0.15, -0.1) is 0 Å². The number of rotatable bonds is 2. The fraction of sp³-hybridized carbons (Fsp3) is 0.462. The molecule has 1 unspecified atom stereocenters. The predicted octanol–water partition coefficient (Wildman–Crippen LogP) is 1.40. The first-order chi connectivity index (χ1) is 8.23. The van der Waals surface area contributed by atoms with Crippen LogP contribution in [0, 0.1) is 6.92 Å². The Bertz CT molecular complexity index is 469. The molecule has 0 amide bonds. The van der Waals surface area contributed by atoms with Crippen LogP contribution in [-0.4, -0.2) is 29.1 Å². The summed E-state index contributed by atoms with van der Waals surface area (Å²) in [5.74, 6) is -0.0287. The largest absolute Gasteiger partial charge is 0.499 e. The SMILES string of the molecule is [CH2+]C1(C)OB(c2cncc(C(C)=O)c2)OC1(C)C. The number of carbonyl (C=O) groups excluding carboxylic acids is 1. The van der Waals surface area contributed by atoms with Gasteiger partial charge in [0.15, 0.2) is 5.78 Å². The molecule has 0 saturated carbocycles. The lowest BCUT2D eigenvalue weighted by Gasteiger charge is -2.25. The Labute approximate surface area is 108 Å². The van der Waals surface area contributed by atoms with Crippen LogP contribution in [0.15, 0.2) is 18.5 Å². The minimum atomic E-state index is -0.635. The van der Waals surface area contributed by atoms with Crippen LogP contribution in [0.25, 0.3) is 0 Å². The van der Waals surface area contributed by atoms with Gasteiger partial charge < -0.3 is 9.31 Å². The quantitative estimate of drug-likeness (QED) is 0.449. The van der Waals surface area contributed by atoms with Crippen molar-refractivity contribution in [2.24, 2.45) is 0 Å². The highest BCUT2D eigenvalue weighted by atomic mass is 16.7. The van der Waals surface area contributed by atoms with E-state index >= 15 is 0 Å². The second-order valence-electron chi connectivity index (χ2n) is 5.37. The first-order valence-electron chi connectivity index (χ1n) is 5.90. The zero-order chi connectivity index (χ0) is 13.6. The number of aromatic nitrogens is 1. The minimum Gasteiger partial charge on any atom is -0.395 e. The predicted molar refractivity (Wildman–Crippen MR) is 69.6 cm³/mol. The molecule has 0 bridgehead atoms. The van der Waals surface area contributed by atoms with Gasteiger partial charge in [-0.05, 0) is 26.8 Å². The lowest BCUT2D eigenvalue weighted by Crippen LogP contribution is -2.42. The second-order valence-corrected chi connectivity index (χ2v) is 5.37. The average molecular weight is 246 g/mol. The molecule has 0 aliphatic carbocycles. The van der Waals surface area contributed by atoms with Crippen LogP contribution in [0.5, 0.6) is 0 Å². The van der Waals surface area contributed by atoms with E-state index in [4.69, 9.17) is 9.31 Å².